The Morgan fingerprint density at radius 3 is 0.717 bits per heavy atom. The van der Waals surface area contributed by atoms with Gasteiger partial charge in [-0.15, -0.1) is 0 Å². The van der Waals surface area contributed by atoms with Crippen molar-refractivity contribution in [3.8, 4) is 0 Å². The van der Waals surface area contributed by atoms with Gasteiger partial charge in [0, 0.05) is 25.7 Å². The Bertz CT molecular complexity index is 1820. The number of aliphatic hydroxyl groups is 1. The second kappa shape index (κ2) is 62.6. The molecule has 19 heteroatoms. The zero-order chi connectivity index (χ0) is 68.2. The third-order valence-electron chi connectivity index (χ3n) is 18.3. The van der Waals surface area contributed by atoms with E-state index in [9.17, 15) is 43.2 Å². The van der Waals surface area contributed by atoms with Gasteiger partial charge in [0.25, 0.3) is 0 Å². The van der Waals surface area contributed by atoms with E-state index in [2.05, 4.69) is 55.4 Å². The zero-order valence-electron chi connectivity index (χ0n) is 60.2. The first-order valence-electron chi connectivity index (χ1n) is 37.9. The van der Waals surface area contributed by atoms with E-state index < -0.39 is 97.5 Å². The molecule has 0 heterocycles. The molecule has 9 atom stereocenters. The molecule has 0 aliphatic rings. The van der Waals surface area contributed by atoms with E-state index in [0.29, 0.717) is 25.7 Å². The fraction of sp³-hybridized carbons (Fsp3) is 0.945. The topological polar surface area (TPSA) is 237 Å². The van der Waals surface area contributed by atoms with Crippen LogP contribution in [0.1, 0.15) is 364 Å². The van der Waals surface area contributed by atoms with Crippen LogP contribution in [0.5, 0.6) is 0 Å². The number of hydrogen-bond acceptors (Lipinski definition) is 15. The van der Waals surface area contributed by atoms with Crippen molar-refractivity contribution in [3.05, 3.63) is 0 Å². The summed E-state index contributed by atoms with van der Waals surface area (Å²) in [6.45, 7) is 14.2. The first kappa shape index (κ1) is 90.1. The smallest absolute Gasteiger partial charge is 0.462 e. The lowest BCUT2D eigenvalue weighted by atomic mass is 9.99. The largest absolute Gasteiger partial charge is 0.472 e. The second-order valence-corrected chi connectivity index (χ2v) is 30.2. The van der Waals surface area contributed by atoms with Crippen LogP contribution < -0.4 is 0 Å². The molecule has 17 nitrogen and oxygen atoms in total. The number of phosphoric ester groups is 2. The van der Waals surface area contributed by atoms with Crippen LogP contribution in [-0.4, -0.2) is 96.7 Å². The van der Waals surface area contributed by atoms with Gasteiger partial charge in [0.1, 0.15) is 19.3 Å². The van der Waals surface area contributed by atoms with E-state index in [0.717, 1.165) is 114 Å². The second-order valence-electron chi connectivity index (χ2n) is 27.3. The summed E-state index contributed by atoms with van der Waals surface area (Å²) < 4.78 is 68.4. The van der Waals surface area contributed by atoms with E-state index in [1.165, 1.54) is 167 Å². The standard InChI is InChI=1S/C73H142O17P2/c1-9-63(5)49-41-33-25-17-13-15-19-29-37-45-53-70(75)83-59-68(89-72(77)55-47-39-31-20-16-14-18-26-34-42-50-64(6)10-2)61-87-91(79,80)85-57-67(74)58-86-92(81,82)88-62-69(90-73(78)56-48-40-32-24-22-28-36-44-52-66(8)12-4)60-84-71(76)54-46-38-30-23-21-27-35-43-51-65(7)11-3/h63-69,74H,9-62H2,1-8H3,(H,79,80)(H,81,82)/t63?,64?,65?,66?,67-,68-,69-/m1/s1. The van der Waals surface area contributed by atoms with E-state index in [4.69, 9.17) is 37.0 Å². The fourth-order valence-electron chi connectivity index (χ4n) is 10.9. The number of carbonyl (C=O) groups excluding carboxylic acids is 4. The number of hydrogen-bond donors (Lipinski definition) is 3. The Hall–Kier alpha value is -1.94. The van der Waals surface area contributed by atoms with Gasteiger partial charge in [-0.3, -0.25) is 37.3 Å². The summed E-state index contributed by atoms with van der Waals surface area (Å²) in [5, 5.41) is 10.6. The zero-order valence-corrected chi connectivity index (χ0v) is 62.0. The summed E-state index contributed by atoms with van der Waals surface area (Å²) in [5.41, 5.74) is 0. The third-order valence-corrected chi connectivity index (χ3v) is 20.2. The molecule has 0 aromatic rings. The summed E-state index contributed by atoms with van der Waals surface area (Å²) in [7, 11) is -9.91. The average molecular weight is 1350 g/mol. The SMILES string of the molecule is CCC(C)CCCCCCCCCCCCC(=O)OC[C@H](COP(=O)(O)OC[C@@H](O)COP(=O)(O)OC[C@@H](COC(=O)CCCCCCCCCCC(C)CC)OC(=O)CCCCCCCCCCC(C)CC)OC(=O)CCCCCCCCCCCCC(C)CC. The molecule has 92 heavy (non-hydrogen) atoms. The molecule has 0 aromatic carbocycles. The van der Waals surface area contributed by atoms with Crippen LogP contribution in [0.2, 0.25) is 0 Å². The van der Waals surface area contributed by atoms with Crippen molar-refractivity contribution in [1.29, 1.82) is 0 Å². The van der Waals surface area contributed by atoms with Gasteiger partial charge in [-0.25, -0.2) is 9.13 Å². The van der Waals surface area contributed by atoms with Crippen molar-refractivity contribution in [2.75, 3.05) is 39.6 Å². The summed E-state index contributed by atoms with van der Waals surface area (Å²) in [5.74, 6) is 1.03. The highest BCUT2D eigenvalue weighted by Gasteiger charge is 2.30. The molecule has 0 aliphatic heterocycles. The number of esters is 4. The van der Waals surface area contributed by atoms with Crippen molar-refractivity contribution in [3.63, 3.8) is 0 Å². The molecule has 0 saturated heterocycles. The number of unbranched alkanes of at least 4 members (excludes halogenated alkanes) is 32. The molecular weight excluding hydrogens is 1210 g/mol. The minimum Gasteiger partial charge on any atom is -0.462 e. The molecule has 0 radical (unpaired) electrons. The Kier molecular flexibility index (Phi) is 61.3. The van der Waals surface area contributed by atoms with Crippen molar-refractivity contribution in [2.24, 2.45) is 23.7 Å². The Morgan fingerprint density at radius 1 is 0.293 bits per heavy atom. The molecular formula is C73H142O17P2. The summed E-state index contributed by atoms with van der Waals surface area (Å²) in [4.78, 5) is 72.7. The van der Waals surface area contributed by atoms with Crippen molar-refractivity contribution in [2.45, 2.75) is 382 Å². The number of rotatable bonds is 70. The van der Waals surface area contributed by atoms with Crippen LogP contribution in [-0.2, 0) is 65.4 Å². The van der Waals surface area contributed by atoms with Crippen LogP contribution in [0.3, 0.4) is 0 Å². The maximum atomic E-state index is 13.1. The summed E-state index contributed by atoms with van der Waals surface area (Å²) >= 11 is 0. The molecule has 0 spiro atoms. The molecule has 0 aliphatic carbocycles. The van der Waals surface area contributed by atoms with Gasteiger partial charge >= 0.3 is 39.5 Å². The van der Waals surface area contributed by atoms with Crippen molar-refractivity contribution >= 4 is 39.5 Å². The van der Waals surface area contributed by atoms with Gasteiger partial charge in [-0.05, 0) is 49.4 Å². The molecule has 546 valence electrons. The lowest BCUT2D eigenvalue weighted by Crippen LogP contribution is -2.30. The maximum absolute atomic E-state index is 13.1. The monoisotopic (exact) mass is 1350 g/mol. The number of aliphatic hydroxyl groups excluding tert-OH is 1. The van der Waals surface area contributed by atoms with Crippen LogP contribution in [0.25, 0.3) is 0 Å². The molecule has 6 unspecified atom stereocenters. The lowest BCUT2D eigenvalue weighted by molar-refractivity contribution is -0.161. The normalized spacial score (nSPS) is 15.4. The van der Waals surface area contributed by atoms with Gasteiger partial charge < -0.3 is 33.8 Å². The predicted molar refractivity (Wildman–Crippen MR) is 372 cm³/mol. The van der Waals surface area contributed by atoms with Crippen LogP contribution in [0.15, 0.2) is 0 Å². The van der Waals surface area contributed by atoms with E-state index in [1.54, 1.807) is 0 Å². The Balaban J connectivity index is 5.29. The lowest BCUT2D eigenvalue weighted by Gasteiger charge is -2.21. The van der Waals surface area contributed by atoms with Crippen LogP contribution >= 0.6 is 15.6 Å². The van der Waals surface area contributed by atoms with E-state index >= 15 is 0 Å². The highest BCUT2D eigenvalue weighted by molar-refractivity contribution is 7.47. The molecule has 0 rings (SSSR count). The Labute approximate surface area is 562 Å². The molecule has 0 saturated carbocycles. The van der Waals surface area contributed by atoms with Gasteiger partial charge in [0.15, 0.2) is 12.2 Å². The Morgan fingerprint density at radius 2 is 0.489 bits per heavy atom. The number of phosphoric acid groups is 2. The van der Waals surface area contributed by atoms with Gasteiger partial charge in [-0.2, -0.15) is 0 Å². The minimum absolute atomic E-state index is 0.104. The van der Waals surface area contributed by atoms with E-state index in [1.807, 2.05) is 0 Å². The number of ether oxygens (including phenoxy) is 4. The van der Waals surface area contributed by atoms with Gasteiger partial charge in [0.05, 0.1) is 26.4 Å². The first-order chi connectivity index (χ1) is 44.2. The number of carbonyl (C=O) groups is 4. The molecule has 0 fully saturated rings. The first-order valence-corrected chi connectivity index (χ1v) is 40.8. The molecule has 3 N–H and O–H groups in total. The quantitative estimate of drug-likeness (QED) is 0.0222. The van der Waals surface area contributed by atoms with Crippen molar-refractivity contribution in [1.82, 2.24) is 0 Å². The predicted octanol–water partition coefficient (Wildman–Crippen LogP) is 20.9. The van der Waals surface area contributed by atoms with Gasteiger partial charge in [0.2, 0.25) is 0 Å². The maximum Gasteiger partial charge on any atom is 0.472 e. The van der Waals surface area contributed by atoms with Crippen LogP contribution in [0, 0.1) is 23.7 Å². The molecule has 0 amide bonds. The summed E-state index contributed by atoms with van der Waals surface area (Å²) in [6.07, 6.45) is 45.5. The summed E-state index contributed by atoms with van der Waals surface area (Å²) in [6, 6.07) is 0. The fourth-order valence-corrected chi connectivity index (χ4v) is 12.5. The average Bonchev–Trinajstić information content (AvgIpc) is 2.63. The minimum atomic E-state index is -4.96. The van der Waals surface area contributed by atoms with E-state index in [-0.39, 0.29) is 25.7 Å². The van der Waals surface area contributed by atoms with Crippen LogP contribution in [0.4, 0.5) is 0 Å². The van der Waals surface area contributed by atoms with Crippen molar-refractivity contribution < 1.29 is 80.2 Å². The molecule has 0 aromatic heterocycles. The van der Waals surface area contributed by atoms with Gasteiger partial charge in [-0.1, -0.05) is 312 Å². The third kappa shape index (κ3) is 61.6. The molecule has 0 bridgehead atoms. The highest BCUT2D eigenvalue weighted by atomic mass is 31.2. The highest BCUT2D eigenvalue weighted by Crippen LogP contribution is 2.45.